The second-order valence-electron chi connectivity index (χ2n) is 3.93. The number of nitrogens with one attached hydrogen (secondary N) is 1. The molecule has 16 heavy (non-hydrogen) atoms. The SMILES string of the molecule is CC(Cc1cccs1)NCc1cccnc1. The lowest BCUT2D eigenvalue weighted by Gasteiger charge is -2.12. The summed E-state index contributed by atoms with van der Waals surface area (Å²) in [5.41, 5.74) is 1.24. The first kappa shape index (κ1) is 11.3. The zero-order valence-corrected chi connectivity index (χ0v) is 10.2. The van der Waals surface area contributed by atoms with Crippen molar-refractivity contribution in [2.24, 2.45) is 0 Å². The summed E-state index contributed by atoms with van der Waals surface area (Å²) in [6, 6.07) is 8.86. The summed E-state index contributed by atoms with van der Waals surface area (Å²) in [6.07, 6.45) is 4.81. The van der Waals surface area contributed by atoms with Gasteiger partial charge in [0.05, 0.1) is 0 Å². The minimum Gasteiger partial charge on any atom is -0.310 e. The molecule has 84 valence electrons. The molecule has 0 saturated heterocycles. The van der Waals surface area contributed by atoms with E-state index >= 15 is 0 Å². The fourth-order valence-electron chi connectivity index (χ4n) is 1.60. The Balaban J connectivity index is 1.78. The van der Waals surface area contributed by atoms with Gasteiger partial charge in [-0.3, -0.25) is 4.98 Å². The van der Waals surface area contributed by atoms with Crippen molar-refractivity contribution in [3.05, 3.63) is 52.5 Å². The van der Waals surface area contributed by atoms with Crippen molar-refractivity contribution in [3.63, 3.8) is 0 Å². The maximum Gasteiger partial charge on any atom is 0.0312 e. The van der Waals surface area contributed by atoms with E-state index in [0.29, 0.717) is 6.04 Å². The zero-order chi connectivity index (χ0) is 11.2. The molecule has 0 bridgehead atoms. The Kier molecular flexibility index (Phi) is 4.08. The van der Waals surface area contributed by atoms with Crippen LogP contribution in [0.15, 0.2) is 42.0 Å². The Morgan fingerprint density at radius 2 is 2.31 bits per heavy atom. The van der Waals surface area contributed by atoms with E-state index in [1.54, 1.807) is 6.20 Å². The van der Waals surface area contributed by atoms with E-state index in [-0.39, 0.29) is 0 Å². The van der Waals surface area contributed by atoms with Crippen molar-refractivity contribution in [2.75, 3.05) is 0 Å². The largest absolute Gasteiger partial charge is 0.310 e. The van der Waals surface area contributed by atoms with E-state index < -0.39 is 0 Å². The molecule has 0 aliphatic heterocycles. The van der Waals surface area contributed by atoms with Gasteiger partial charge in [-0.1, -0.05) is 12.1 Å². The standard InChI is InChI=1S/C13H16N2S/c1-11(8-13-5-3-7-16-13)15-10-12-4-2-6-14-9-12/h2-7,9,11,15H,8,10H2,1H3. The highest BCUT2D eigenvalue weighted by Gasteiger charge is 2.03. The van der Waals surface area contributed by atoms with Gasteiger partial charge in [0.15, 0.2) is 0 Å². The highest BCUT2D eigenvalue weighted by molar-refractivity contribution is 7.09. The normalized spacial score (nSPS) is 12.6. The quantitative estimate of drug-likeness (QED) is 0.857. The van der Waals surface area contributed by atoms with Crippen molar-refractivity contribution < 1.29 is 0 Å². The van der Waals surface area contributed by atoms with Crippen LogP contribution in [0.5, 0.6) is 0 Å². The summed E-state index contributed by atoms with van der Waals surface area (Å²) in [4.78, 5) is 5.54. The third-order valence-corrected chi connectivity index (χ3v) is 3.36. The molecule has 0 aromatic carbocycles. The first-order valence-corrected chi connectivity index (χ1v) is 6.37. The van der Waals surface area contributed by atoms with Crippen LogP contribution in [0.3, 0.4) is 0 Å². The van der Waals surface area contributed by atoms with Crippen LogP contribution in [0.25, 0.3) is 0 Å². The van der Waals surface area contributed by atoms with E-state index in [9.17, 15) is 0 Å². The van der Waals surface area contributed by atoms with Crippen LogP contribution in [0, 0.1) is 0 Å². The molecule has 0 amide bonds. The van der Waals surface area contributed by atoms with Crippen LogP contribution in [0.1, 0.15) is 17.4 Å². The van der Waals surface area contributed by atoms with Crippen LogP contribution < -0.4 is 5.32 Å². The van der Waals surface area contributed by atoms with Crippen molar-refractivity contribution in [1.82, 2.24) is 10.3 Å². The molecule has 2 aromatic heterocycles. The van der Waals surface area contributed by atoms with Gasteiger partial charge in [-0.25, -0.2) is 0 Å². The molecule has 0 spiro atoms. The number of pyridine rings is 1. The van der Waals surface area contributed by atoms with E-state index in [1.165, 1.54) is 10.4 Å². The molecule has 0 saturated carbocycles. The molecule has 3 heteroatoms. The maximum absolute atomic E-state index is 4.10. The monoisotopic (exact) mass is 232 g/mol. The van der Waals surface area contributed by atoms with Gasteiger partial charge < -0.3 is 5.32 Å². The first-order chi connectivity index (χ1) is 7.84. The Labute approximate surface area is 100 Å². The Morgan fingerprint density at radius 3 is 3.00 bits per heavy atom. The second-order valence-corrected chi connectivity index (χ2v) is 4.96. The highest BCUT2D eigenvalue weighted by atomic mass is 32.1. The molecule has 2 rings (SSSR count). The molecule has 2 heterocycles. The summed E-state index contributed by atoms with van der Waals surface area (Å²) in [6.45, 7) is 3.11. The molecule has 1 N–H and O–H groups in total. The van der Waals surface area contributed by atoms with Crippen molar-refractivity contribution in [1.29, 1.82) is 0 Å². The van der Waals surface area contributed by atoms with E-state index in [1.807, 2.05) is 23.6 Å². The van der Waals surface area contributed by atoms with Crippen molar-refractivity contribution in [3.8, 4) is 0 Å². The smallest absolute Gasteiger partial charge is 0.0312 e. The third kappa shape index (κ3) is 3.43. The molecule has 1 unspecified atom stereocenters. The predicted octanol–water partition coefficient (Wildman–Crippen LogP) is 2.86. The first-order valence-electron chi connectivity index (χ1n) is 5.49. The molecule has 0 fully saturated rings. The van der Waals surface area contributed by atoms with Crippen LogP contribution in [0.2, 0.25) is 0 Å². The average molecular weight is 232 g/mol. The number of thiophene rings is 1. The minimum absolute atomic E-state index is 0.499. The molecule has 1 atom stereocenters. The number of rotatable bonds is 5. The predicted molar refractivity (Wildman–Crippen MR) is 68.6 cm³/mol. The van der Waals surface area contributed by atoms with Gasteiger partial charge in [-0.05, 0) is 36.4 Å². The average Bonchev–Trinajstić information content (AvgIpc) is 2.81. The maximum atomic E-state index is 4.10. The molecule has 2 aromatic rings. The van der Waals surface area contributed by atoms with Crippen LogP contribution in [-0.2, 0) is 13.0 Å². The molecule has 0 radical (unpaired) electrons. The number of hydrogen-bond acceptors (Lipinski definition) is 3. The third-order valence-electron chi connectivity index (χ3n) is 2.46. The fraction of sp³-hybridized carbons (Fsp3) is 0.308. The van der Waals surface area contributed by atoms with Crippen molar-refractivity contribution in [2.45, 2.75) is 25.9 Å². The second kappa shape index (κ2) is 5.77. The van der Waals surface area contributed by atoms with Gasteiger partial charge in [-0.15, -0.1) is 11.3 Å². The van der Waals surface area contributed by atoms with Gasteiger partial charge in [-0.2, -0.15) is 0 Å². The van der Waals surface area contributed by atoms with Crippen LogP contribution >= 0.6 is 11.3 Å². The number of hydrogen-bond donors (Lipinski definition) is 1. The van der Waals surface area contributed by atoms with Gasteiger partial charge in [0.25, 0.3) is 0 Å². The van der Waals surface area contributed by atoms with Gasteiger partial charge in [0.1, 0.15) is 0 Å². The van der Waals surface area contributed by atoms with Gasteiger partial charge >= 0.3 is 0 Å². The van der Waals surface area contributed by atoms with E-state index in [2.05, 4.69) is 40.8 Å². The van der Waals surface area contributed by atoms with Gasteiger partial charge in [0.2, 0.25) is 0 Å². The van der Waals surface area contributed by atoms with Gasteiger partial charge in [0, 0.05) is 29.9 Å². The summed E-state index contributed by atoms with van der Waals surface area (Å²) in [5, 5.41) is 5.63. The summed E-state index contributed by atoms with van der Waals surface area (Å²) < 4.78 is 0. The number of nitrogens with zero attached hydrogens (tertiary/aromatic N) is 1. The van der Waals surface area contributed by atoms with Crippen LogP contribution in [-0.4, -0.2) is 11.0 Å². The molecule has 0 aliphatic rings. The molecular formula is C13H16N2S. The van der Waals surface area contributed by atoms with Crippen LogP contribution in [0.4, 0.5) is 0 Å². The Bertz CT molecular complexity index is 397. The lowest BCUT2D eigenvalue weighted by molar-refractivity contribution is 0.548. The lowest BCUT2D eigenvalue weighted by atomic mass is 10.2. The minimum atomic E-state index is 0.499. The Hall–Kier alpha value is -1.19. The fourth-order valence-corrected chi connectivity index (χ4v) is 2.43. The lowest BCUT2D eigenvalue weighted by Crippen LogP contribution is -2.27. The Morgan fingerprint density at radius 1 is 1.38 bits per heavy atom. The summed E-state index contributed by atoms with van der Waals surface area (Å²) in [5.74, 6) is 0. The summed E-state index contributed by atoms with van der Waals surface area (Å²) >= 11 is 1.82. The summed E-state index contributed by atoms with van der Waals surface area (Å²) in [7, 11) is 0. The molecular weight excluding hydrogens is 216 g/mol. The highest BCUT2D eigenvalue weighted by Crippen LogP contribution is 2.11. The number of aromatic nitrogens is 1. The zero-order valence-electron chi connectivity index (χ0n) is 9.39. The van der Waals surface area contributed by atoms with E-state index in [4.69, 9.17) is 0 Å². The topological polar surface area (TPSA) is 24.9 Å². The molecule has 0 aliphatic carbocycles. The molecule has 2 nitrogen and oxygen atoms in total. The van der Waals surface area contributed by atoms with E-state index in [0.717, 1.165) is 13.0 Å². The van der Waals surface area contributed by atoms with Crippen molar-refractivity contribution >= 4 is 11.3 Å².